The molecule has 0 radical (unpaired) electrons. The van der Waals surface area contributed by atoms with Crippen LogP contribution >= 0.6 is 0 Å². The number of imidazole rings is 1. The van der Waals surface area contributed by atoms with E-state index in [1.807, 2.05) is 91.2 Å². The minimum Gasteiger partial charge on any atom is -0.665 e. The summed E-state index contributed by atoms with van der Waals surface area (Å²) < 4.78 is 77.3. The topological polar surface area (TPSA) is 39.9 Å². The molecule has 0 spiro atoms. The van der Waals surface area contributed by atoms with Gasteiger partial charge >= 0.3 is 21.1 Å². The summed E-state index contributed by atoms with van der Waals surface area (Å²) in [5.41, 5.74) is 12.4. The average Bonchev–Trinajstić information content (AvgIpc) is 3.74. The zero-order valence-electron chi connectivity index (χ0n) is 45.9. The number of nitrogens with zero attached hydrogens (tertiary/aromatic N) is 3. The van der Waals surface area contributed by atoms with Crippen molar-refractivity contribution in [1.29, 1.82) is 0 Å². The van der Waals surface area contributed by atoms with Crippen molar-refractivity contribution in [1.82, 2.24) is 14.5 Å². The average molecular weight is 1040 g/mol. The molecule has 2 heterocycles. The number of hydrogen-bond donors (Lipinski definition) is 0. The summed E-state index contributed by atoms with van der Waals surface area (Å²) in [5.74, 6) is 1.04. The van der Waals surface area contributed by atoms with Crippen LogP contribution in [-0.4, -0.2) is 14.5 Å². The fraction of sp³-hybridized carbons (Fsp3) is 0.183. The van der Waals surface area contributed by atoms with E-state index in [1.165, 1.54) is 0 Å². The van der Waals surface area contributed by atoms with Crippen LogP contribution in [0.3, 0.4) is 0 Å². The molecule has 2 aromatic heterocycles. The number of fused-ring (bicyclic) bond motifs is 1. The summed E-state index contributed by atoms with van der Waals surface area (Å²) in [7, 11) is 3.89. The van der Waals surface area contributed by atoms with Crippen LogP contribution < -0.4 is 4.74 Å². The predicted octanol–water partition coefficient (Wildman–Crippen LogP) is 15.9. The molecule has 9 rings (SSSR count). The molecule has 0 unspecified atom stereocenters. The molecule has 4 nitrogen and oxygen atoms in total. The molecule has 5 heteroatoms. The van der Waals surface area contributed by atoms with Crippen LogP contribution in [-0.2, 0) is 31.9 Å². The number of benzene rings is 7. The standard InChI is InChI=1S/C60H55N3O.Pt/c1-38-30-40(3)57(64-10)52(31-38)58-62-56-49(45-33-46(35-48(34-45)60(7,8)9)53-36-44(28-29-61-53)41-18-13-11-14-19-41)22-17-23-54(56)63(58)55-32-39(2)50(42-20-15-12-16-21-42)37-51(55)43-24-26-47(27-25-43)59(4,5)6;/h11-32,34-37H,10H2,1-9H3;/q-2;+2/i2D3,11D,13D,14D,18D,19D;. The summed E-state index contributed by atoms with van der Waals surface area (Å²) in [6.07, 6.45) is 1.58. The monoisotopic (exact) mass is 1040 g/mol. The van der Waals surface area contributed by atoms with E-state index < -0.39 is 25.0 Å². The summed E-state index contributed by atoms with van der Waals surface area (Å²) in [4.78, 5) is 10.3. The van der Waals surface area contributed by atoms with Gasteiger partial charge in [0.05, 0.1) is 34.9 Å². The molecular formula is C60H55N3OPt. The van der Waals surface area contributed by atoms with E-state index in [4.69, 9.17) is 25.7 Å². The molecule has 0 saturated heterocycles. The Labute approximate surface area is 410 Å². The van der Waals surface area contributed by atoms with Gasteiger partial charge in [0.25, 0.3) is 0 Å². The van der Waals surface area contributed by atoms with Gasteiger partial charge in [0.2, 0.25) is 0 Å². The zero-order chi connectivity index (χ0) is 51.8. The van der Waals surface area contributed by atoms with Crippen molar-refractivity contribution in [3.63, 3.8) is 0 Å². The van der Waals surface area contributed by atoms with E-state index in [0.717, 1.165) is 44.5 Å². The van der Waals surface area contributed by atoms with Gasteiger partial charge in [0.1, 0.15) is 5.82 Å². The fourth-order valence-electron chi connectivity index (χ4n) is 8.48. The Balaban J connectivity index is 0.00000711. The molecule has 0 amide bonds. The minimum absolute atomic E-state index is 0. The van der Waals surface area contributed by atoms with Gasteiger partial charge in [-0.3, -0.25) is 9.55 Å². The molecule has 0 saturated carbocycles. The number of rotatable bonds is 8. The smallest absolute Gasteiger partial charge is 0.665 e. The van der Waals surface area contributed by atoms with Gasteiger partial charge < -0.3 is 4.74 Å². The van der Waals surface area contributed by atoms with Gasteiger partial charge in [0, 0.05) is 21.6 Å². The van der Waals surface area contributed by atoms with Gasteiger partial charge in [-0.15, -0.1) is 29.3 Å². The van der Waals surface area contributed by atoms with E-state index >= 15 is 0 Å². The maximum absolute atomic E-state index is 9.00. The summed E-state index contributed by atoms with van der Waals surface area (Å²) in [5, 5.41) is 0. The second kappa shape index (κ2) is 17.9. The maximum atomic E-state index is 9.00. The first-order valence-electron chi connectivity index (χ1n) is 25.5. The Morgan fingerprint density at radius 2 is 1.34 bits per heavy atom. The summed E-state index contributed by atoms with van der Waals surface area (Å²) in [6.45, 7) is 14.4. The second-order valence-electron chi connectivity index (χ2n) is 18.5. The fourth-order valence-corrected chi connectivity index (χ4v) is 8.48. The van der Waals surface area contributed by atoms with Crippen molar-refractivity contribution in [2.75, 3.05) is 0 Å². The zero-order valence-corrected chi connectivity index (χ0v) is 40.2. The van der Waals surface area contributed by atoms with E-state index in [2.05, 4.69) is 85.1 Å². The van der Waals surface area contributed by atoms with Gasteiger partial charge in [-0.25, -0.2) is 4.98 Å². The third-order valence-corrected chi connectivity index (χ3v) is 11.9. The van der Waals surface area contributed by atoms with Crippen LogP contribution in [0.5, 0.6) is 5.75 Å². The number of aryl methyl sites for hydroxylation is 3. The van der Waals surface area contributed by atoms with Crippen LogP contribution in [0, 0.1) is 33.9 Å². The number of ether oxygens (including phenoxy) is 1. The first kappa shape index (κ1) is 35.9. The molecule has 0 bridgehead atoms. The SMILES string of the molecule is [2H]c1c([2H])c([2H])c(-c2ccnc(-c3[c-]c(-c4cccc5c4nc(-c4cc(C)cc(C)c4O[CH2-])n5-c4cc(C([2H])([2H])[2H])c(-c5ccccc5)cc4-c4ccc(C(C)(C)C)cc4)cc(C(C)(C)C)c3)c2)c([2H])c1[2H].[Pt+2]. The number of pyridine rings is 1. The largest absolute Gasteiger partial charge is 2.00 e. The molecule has 0 fully saturated rings. The number of para-hydroxylation sites is 1. The minimum atomic E-state index is -2.51. The first-order valence-corrected chi connectivity index (χ1v) is 21.5. The van der Waals surface area contributed by atoms with Gasteiger partial charge in [0.15, 0.2) is 0 Å². The Kier molecular flexibility index (Phi) is 9.90. The van der Waals surface area contributed by atoms with E-state index in [1.54, 1.807) is 24.4 Å². The van der Waals surface area contributed by atoms with Crippen LogP contribution in [0.15, 0.2) is 158 Å². The van der Waals surface area contributed by atoms with Gasteiger partial charge in [-0.2, -0.15) is 7.11 Å². The normalized spacial score (nSPS) is 13.7. The summed E-state index contributed by atoms with van der Waals surface area (Å²) in [6, 6.07) is 41.2. The molecule has 0 N–H and O–H groups in total. The molecule has 7 aromatic carbocycles. The molecular weight excluding hydrogens is 974 g/mol. The Morgan fingerprint density at radius 3 is 2.03 bits per heavy atom. The number of hydrogen-bond acceptors (Lipinski definition) is 3. The molecule has 65 heavy (non-hydrogen) atoms. The molecule has 0 aliphatic heterocycles. The molecule has 326 valence electrons. The third-order valence-electron chi connectivity index (χ3n) is 11.9. The van der Waals surface area contributed by atoms with Gasteiger partial charge in [-0.05, 0) is 112 Å². The van der Waals surface area contributed by atoms with Crippen molar-refractivity contribution < 1.29 is 36.8 Å². The van der Waals surface area contributed by atoms with Crippen molar-refractivity contribution in [2.45, 2.75) is 73.1 Å². The van der Waals surface area contributed by atoms with E-state index in [9.17, 15) is 0 Å². The van der Waals surface area contributed by atoms with E-state index in [0.29, 0.717) is 61.8 Å². The molecule has 9 aromatic rings. The van der Waals surface area contributed by atoms with Crippen molar-refractivity contribution in [2.24, 2.45) is 0 Å². The Bertz CT molecular complexity index is 3560. The predicted molar refractivity (Wildman–Crippen MR) is 268 cm³/mol. The third kappa shape index (κ3) is 8.90. The van der Waals surface area contributed by atoms with Crippen LogP contribution in [0.1, 0.15) is 80.3 Å². The summed E-state index contributed by atoms with van der Waals surface area (Å²) >= 11 is 0. The number of aromatic nitrogens is 3. The van der Waals surface area contributed by atoms with Crippen molar-refractivity contribution in [3.8, 4) is 78.6 Å². The second-order valence-corrected chi connectivity index (χ2v) is 18.5. The van der Waals surface area contributed by atoms with Crippen LogP contribution in [0.4, 0.5) is 0 Å². The maximum Gasteiger partial charge on any atom is 2.00 e. The first-order chi connectivity index (χ1) is 34.0. The van der Waals surface area contributed by atoms with E-state index in [-0.39, 0.29) is 55.1 Å². The van der Waals surface area contributed by atoms with Gasteiger partial charge in [-0.1, -0.05) is 162 Å². The Morgan fingerprint density at radius 1 is 0.631 bits per heavy atom. The van der Waals surface area contributed by atoms with Crippen LogP contribution in [0.2, 0.25) is 0 Å². The van der Waals surface area contributed by atoms with Crippen LogP contribution in [0.25, 0.3) is 83.9 Å². The quantitative estimate of drug-likeness (QED) is 0.142. The molecule has 0 aliphatic rings. The van der Waals surface area contributed by atoms with Crippen molar-refractivity contribution in [3.05, 3.63) is 199 Å². The Hall–Kier alpha value is -6.35. The molecule has 0 atom stereocenters. The molecule has 0 aliphatic carbocycles. The van der Waals surface area contributed by atoms with Crippen molar-refractivity contribution >= 4 is 11.0 Å².